The van der Waals surface area contributed by atoms with E-state index in [4.69, 9.17) is 5.73 Å². The summed E-state index contributed by atoms with van der Waals surface area (Å²) in [5.41, 5.74) is 5.92. The van der Waals surface area contributed by atoms with Gasteiger partial charge in [-0.05, 0) is 32.1 Å². The molecule has 0 radical (unpaired) electrons. The minimum atomic E-state index is 0. The molecule has 0 unspecified atom stereocenters. The van der Waals surface area contributed by atoms with Crippen LogP contribution in [-0.2, 0) is 13.0 Å². The van der Waals surface area contributed by atoms with Crippen molar-refractivity contribution in [3.05, 3.63) is 11.6 Å². The van der Waals surface area contributed by atoms with Gasteiger partial charge in [0.2, 0.25) is 0 Å². The molecule has 2 heterocycles. The monoisotopic (exact) mass is 278 g/mol. The number of nitrogens with zero attached hydrogens (tertiary/aromatic N) is 3. The zero-order chi connectivity index (χ0) is 10.3. The average Bonchev–Trinajstić information content (AvgIpc) is 2.80. The molecule has 0 aromatic carbocycles. The van der Waals surface area contributed by atoms with Crippen molar-refractivity contribution in [2.75, 3.05) is 0 Å². The molecule has 0 saturated heterocycles. The number of fused-ring (bicyclic) bond motifs is 1. The predicted molar refractivity (Wildman–Crippen MR) is 72.0 cm³/mol. The molecule has 0 bridgehead atoms. The third kappa shape index (κ3) is 2.75. The van der Waals surface area contributed by atoms with E-state index in [-0.39, 0.29) is 24.8 Å². The molecular formula is C11H20Cl2N4. The number of rotatable bonds is 1. The quantitative estimate of drug-likeness (QED) is 0.856. The van der Waals surface area contributed by atoms with Crippen molar-refractivity contribution in [3.8, 4) is 0 Å². The number of nitrogens with two attached hydrogens (primary N) is 1. The molecule has 6 heteroatoms. The molecule has 17 heavy (non-hydrogen) atoms. The summed E-state index contributed by atoms with van der Waals surface area (Å²) in [5, 5.41) is 8.63. The highest BCUT2D eigenvalue weighted by Crippen LogP contribution is 2.32. The fourth-order valence-electron chi connectivity index (χ4n) is 2.85. The molecule has 1 aromatic rings. The lowest BCUT2D eigenvalue weighted by atomic mass is 9.86. The van der Waals surface area contributed by atoms with Gasteiger partial charge in [0.25, 0.3) is 0 Å². The molecule has 0 atom stereocenters. The summed E-state index contributed by atoms with van der Waals surface area (Å²) in [4.78, 5) is 0. The van der Waals surface area contributed by atoms with Crippen molar-refractivity contribution in [3.63, 3.8) is 0 Å². The fourth-order valence-corrected chi connectivity index (χ4v) is 2.85. The highest BCUT2D eigenvalue weighted by molar-refractivity contribution is 5.85. The summed E-state index contributed by atoms with van der Waals surface area (Å²) in [6.07, 6.45) is 7.03. The summed E-state index contributed by atoms with van der Waals surface area (Å²) < 4.78 is 2.33. The Hall–Kier alpha value is -0.320. The predicted octanol–water partition coefficient (Wildman–Crippen LogP) is 2.05. The molecule has 1 aromatic heterocycles. The molecular weight excluding hydrogens is 259 g/mol. The van der Waals surface area contributed by atoms with Gasteiger partial charge in [0.15, 0.2) is 0 Å². The van der Waals surface area contributed by atoms with E-state index >= 15 is 0 Å². The molecule has 1 saturated carbocycles. The Morgan fingerprint density at radius 2 is 1.76 bits per heavy atom. The summed E-state index contributed by atoms with van der Waals surface area (Å²) in [5.74, 6) is 3.04. The van der Waals surface area contributed by atoms with Gasteiger partial charge in [-0.15, -0.1) is 35.0 Å². The lowest BCUT2D eigenvalue weighted by molar-refractivity contribution is 0.376. The minimum absolute atomic E-state index is 0. The first-order valence-corrected chi connectivity index (χ1v) is 6.02. The Morgan fingerprint density at radius 3 is 2.47 bits per heavy atom. The third-order valence-electron chi connectivity index (χ3n) is 3.78. The highest BCUT2D eigenvalue weighted by Gasteiger charge is 2.27. The second-order valence-electron chi connectivity index (χ2n) is 4.84. The maximum absolute atomic E-state index is 5.92. The van der Waals surface area contributed by atoms with Gasteiger partial charge < -0.3 is 10.3 Å². The van der Waals surface area contributed by atoms with Crippen LogP contribution < -0.4 is 5.73 Å². The van der Waals surface area contributed by atoms with Gasteiger partial charge >= 0.3 is 0 Å². The van der Waals surface area contributed by atoms with E-state index in [0.29, 0.717) is 12.0 Å². The lowest BCUT2D eigenvalue weighted by Gasteiger charge is -2.25. The fraction of sp³-hybridized carbons (Fsp3) is 0.818. The first kappa shape index (κ1) is 14.7. The Bertz CT molecular complexity index is 358. The number of halogens is 2. The van der Waals surface area contributed by atoms with Crippen molar-refractivity contribution in [2.45, 2.75) is 57.0 Å². The number of aryl methyl sites for hydroxylation is 1. The standard InChI is InChI=1S/C11H18N4.2ClH/c12-9-5-3-8(4-6-9)11-14-13-10-2-1-7-15(10)11;;/h8-9H,1-7,12H2;2*1H. The van der Waals surface area contributed by atoms with Crippen LogP contribution in [0.2, 0.25) is 0 Å². The molecule has 2 aliphatic rings. The largest absolute Gasteiger partial charge is 0.328 e. The van der Waals surface area contributed by atoms with Crippen LogP contribution in [0.25, 0.3) is 0 Å². The second-order valence-corrected chi connectivity index (χ2v) is 4.84. The van der Waals surface area contributed by atoms with Crippen molar-refractivity contribution >= 4 is 24.8 Å². The Labute approximate surface area is 114 Å². The molecule has 1 aliphatic carbocycles. The van der Waals surface area contributed by atoms with Gasteiger partial charge in [0.05, 0.1) is 0 Å². The van der Waals surface area contributed by atoms with Crippen molar-refractivity contribution in [2.24, 2.45) is 5.73 Å². The highest BCUT2D eigenvalue weighted by atomic mass is 35.5. The molecule has 0 amide bonds. The van der Waals surface area contributed by atoms with Gasteiger partial charge in [-0.3, -0.25) is 0 Å². The number of aromatic nitrogens is 3. The van der Waals surface area contributed by atoms with Crippen LogP contribution in [0.4, 0.5) is 0 Å². The van der Waals surface area contributed by atoms with Crippen molar-refractivity contribution in [1.82, 2.24) is 14.8 Å². The van der Waals surface area contributed by atoms with Crippen molar-refractivity contribution < 1.29 is 0 Å². The summed E-state index contributed by atoms with van der Waals surface area (Å²) in [7, 11) is 0. The maximum Gasteiger partial charge on any atom is 0.136 e. The van der Waals surface area contributed by atoms with E-state index in [1.54, 1.807) is 0 Å². The van der Waals surface area contributed by atoms with E-state index < -0.39 is 0 Å². The summed E-state index contributed by atoms with van der Waals surface area (Å²) >= 11 is 0. The molecule has 98 valence electrons. The van der Waals surface area contributed by atoms with Crippen LogP contribution in [0.1, 0.15) is 49.7 Å². The minimum Gasteiger partial charge on any atom is -0.328 e. The zero-order valence-electron chi connectivity index (χ0n) is 9.84. The van der Waals surface area contributed by atoms with Crippen LogP contribution in [0.15, 0.2) is 0 Å². The van der Waals surface area contributed by atoms with Gasteiger partial charge in [-0.1, -0.05) is 0 Å². The van der Waals surface area contributed by atoms with Crippen LogP contribution in [0, 0.1) is 0 Å². The summed E-state index contributed by atoms with van der Waals surface area (Å²) in [6.45, 7) is 1.13. The smallest absolute Gasteiger partial charge is 0.136 e. The molecule has 4 nitrogen and oxygen atoms in total. The summed E-state index contributed by atoms with van der Waals surface area (Å²) in [6, 6.07) is 0.419. The SMILES string of the molecule is Cl.Cl.NC1CCC(c2nnc3n2CCC3)CC1. The van der Waals surface area contributed by atoms with E-state index in [1.165, 1.54) is 30.9 Å². The van der Waals surface area contributed by atoms with E-state index in [2.05, 4.69) is 14.8 Å². The number of hydrogen-bond donors (Lipinski definition) is 1. The maximum atomic E-state index is 5.92. The Balaban J connectivity index is 0.000000722. The molecule has 1 aliphatic heterocycles. The average molecular weight is 279 g/mol. The van der Waals surface area contributed by atoms with Crippen LogP contribution in [0.5, 0.6) is 0 Å². The molecule has 1 fully saturated rings. The van der Waals surface area contributed by atoms with Gasteiger partial charge in [0, 0.05) is 24.9 Å². The van der Waals surface area contributed by atoms with E-state index in [1.807, 2.05) is 0 Å². The topological polar surface area (TPSA) is 56.7 Å². The van der Waals surface area contributed by atoms with Gasteiger partial charge in [0.1, 0.15) is 11.6 Å². The lowest BCUT2D eigenvalue weighted by Crippen LogP contribution is -2.26. The van der Waals surface area contributed by atoms with E-state index in [9.17, 15) is 0 Å². The van der Waals surface area contributed by atoms with Gasteiger partial charge in [-0.25, -0.2) is 0 Å². The van der Waals surface area contributed by atoms with Crippen LogP contribution in [0.3, 0.4) is 0 Å². The normalized spacial score (nSPS) is 26.9. The van der Waals surface area contributed by atoms with Crippen molar-refractivity contribution in [1.29, 1.82) is 0 Å². The Kier molecular flexibility index (Phi) is 5.22. The first-order chi connectivity index (χ1) is 7.34. The number of hydrogen-bond acceptors (Lipinski definition) is 3. The van der Waals surface area contributed by atoms with E-state index in [0.717, 1.165) is 25.8 Å². The van der Waals surface area contributed by atoms with Crippen LogP contribution >= 0.6 is 24.8 Å². The van der Waals surface area contributed by atoms with Crippen LogP contribution in [-0.4, -0.2) is 20.8 Å². The third-order valence-corrected chi connectivity index (χ3v) is 3.78. The first-order valence-electron chi connectivity index (χ1n) is 6.02. The zero-order valence-corrected chi connectivity index (χ0v) is 11.5. The Morgan fingerprint density at radius 1 is 1.06 bits per heavy atom. The molecule has 0 spiro atoms. The molecule has 2 N–H and O–H groups in total. The van der Waals surface area contributed by atoms with Gasteiger partial charge in [-0.2, -0.15) is 0 Å². The second kappa shape index (κ2) is 6.03. The molecule has 3 rings (SSSR count).